The Morgan fingerprint density at radius 2 is 0.686 bits per heavy atom. The largest absolute Gasteiger partial charge is 2.00 e. The van der Waals surface area contributed by atoms with Crippen molar-refractivity contribution in [2.45, 2.75) is 115 Å². The number of halogens is 6. The van der Waals surface area contributed by atoms with Crippen molar-refractivity contribution in [3.63, 3.8) is 0 Å². The number of allylic oxidation sites excluding steroid dienone is 6. The van der Waals surface area contributed by atoms with Gasteiger partial charge in [-0.25, -0.2) is 9.98 Å². The predicted molar refractivity (Wildman–Crippen MR) is 211 cm³/mol. The Hall–Kier alpha value is -1.68. The van der Waals surface area contributed by atoms with Gasteiger partial charge in [-0.15, -0.1) is 11.4 Å². The quantitative estimate of drug-likeness (QED) is 0.160. The zero-order chi connectivity index (χ0) is 38.3. The second-order valence-electron chi connectivity index (χ2n) is 10.6. The fourth-order valence-electron chi connectivity index (χ4n) is 5.89. The van der Waals surface area contributed by atoms with Crippen molar-refractivity contribution in [1.82, 2.24) is 0 Å². The van der Waals surface area contributed by atoms with E-state index in [4.69, 9.17) is 69.6 Å². The van der Waals surface area contributed by atoms with Crippen molar-refractivity contribution in [1.29, 1.82) is 0 Å². The van der Waals surface area contributed by atoms with Gasteiger partial charge in [0.1, 0.15) is 0 Å². The first-order chi connectivity index (χ1) is 23.6. The number of hydrogen-bond donors (Lipinski definition) is 0. The average Bonchev–Trinajstić information content (AvgIpc) is 3.74. The number of alkyl halides is 6. The van der Waals surface area contributed by atoms with Gasteiger partial charge in [-0.3, -0.25) is 9.59 Å². The van der Waals surface area contributed by atoms with Crippen LogP contribution in [-0.2, 0) is 36.2 Å². The molecule has 4 aliphatic rings. The molecule has 0 spiro atoms. The molecule has 0 atom stereocenters. The van der Waals surface area contributed by atoms with Crippen molar-refractivity contribution >= 4 is 105 Å². The average molecular weight is 873 g/mol. The Bertz CT molecular complexity index is 1470. The molecule has 0 saturated carbocycles. The van der Waals surface area contributed by atoms with Gasteiger partial charge in [0.15, 0.2) is 8.59 Å². The van der Waals surface area contributed by atoms with Crippen molar-refractivity contribution in [2.24, 2.45) is 9.98 Å². The van der Waals surface area contributed by atoms with Gasteiger partial charge >= 0.3 is 17.1 Å². The molecule has 4 heterocycles. The maximum Gasteiger partial charge on any atom is 2.00 e. The molecule has 0 aromatic rings. The molecule has 0 N–H and O–H groups in total. The minimum absolute atomic E-state index is 0. The third-order valence-corrected chi connectivity index (χ3v) is 7.99. The molecule has 15 heteroatoms. The Kier molecular flexibility index (Phi) is 23.8. The van der Waals surface area contributed by atoms with Crippen LogP contribution in [0.1, 0.15) is 107 Å². The van der Waals surface area contributed by atoms with Crippen LogP contribution in [0.5, 0.6) is 0 Å². The zero-order valence-corrected chi connectivity index (χ0v) is 35.4. The van der Waals surface area contributed by atoms with Crippen LogP contribution >= 0.6 is 69.6 Å². The second-order valence-corrected chi connectivity index (χ2v) is 14.6. The fourth-order valence-corrected chi connectivity index (χ4v) is 5.89. The molecule has 0 bridgehead atoms. The smallest absolute Gasteiger partial charge is 0.623 e. The van der Waals surface area contributed by atoms with Gasteiger partial charge in [0.25, 0.3) is 11.8 Å². The van der Waals surface area contributed by atoms with Crippen molar-refractivity contribution in [3.8, 4) is 0 Å². The molecule has 4 rings (SSSR count). The van der Waals surface area contributed by atoms with Gasteiger partial charge < -0.3 is 20.2 Å². The van der Waals surface area contributed by atoms with E-state index < -0.39 is 8.59 Å². The third-order valence-electron chi connectivity index (χ3n) is 7.99. The van der Waals surface area contributed by atoms with E-state index in [1.165, 1.54) is 0 Å². The van der Waals surface area contributed by atoms with Gasteiger partial charge in [0.2, 0.25) is 0 Å². The van der Waals surface area contributed by atoms with E-state index in [1.807, 2.05) is 55.4 Å². The van der Waals surface area contributed by atoms with Crippen LogP contribution < -0.4 is 0 Å². The fraction of sp³-hybridized carbons (Fsp3) is 0.500. The normalized spacial score (nSPS) is 18.5. The molecule has 0 unspecified atom stereocenters. The molecule has 8 nitrogen and oxygen atoms in total. The van der Waals surface area contributed by atoms with Crippen LogP contribution in [0.3, 0.4) is 0 Å². The molecule has 1 radical (unpaired) electrons. The number of amides is 4. The molecule has 0 aromatic heterocycles. The molecule has 0 saturated heterocycles. The first-order valence-electron chi connectivity index (χ1n) is 16.6. The van der Waals surface area contributed by atoms with E-state index in [2.05, 4.69) is 20.6 Å². The second kappa shape index (κ2) is 24.6. The minimum atomic E-state index is -0.750. The topological polar surface area (TPSA) is 121 Å². The maximum atomic E-state index is 11.9. The molecule has 0 aromatic carbocycles. The van der Waals surface area contributed by atoms with Crippen LogP contribution in [0, 0.1) is 0 Å². The van der Waals surface area contributed by atoms with E-state index >= 15 is 0 Å². The number of aliphatic imine (C=N–C) groups is 2. The van der Waals surface area contributed by atoms with E-state index in [0.717, 1.165) is 70.3 Å². The predicted octanol–water partition coefficient (Wildman–Crippen LogP) is 12.0. The van der Waals surface area contributed by atoms with Gasteiger partial charge in [-0.05, 0) is 73.7 Å². The summed E-state index contributed by atoms with van der Waals surface area (Å²) in [5.74, 6) is -0.599. The number of carbonyl (C=O) groups is 4. The molecule has 4 amide bonds. The Labute approximate surface area is 342 Å². The number of rotatable bonds is 10. The van der Waals surface area contributed by atoms with Gasteiger partial charge in [0.05, 0.1) is 23.2 Å². The SMILES string of the molecule is CCC1=C(CC)C(/C=C2\[N-]C(=O)C(CC)=C2CC)=NC1=O.CCC1=C(CC)C(/C=C2\[N-]C(=O)C(CC)=C2CC)=NC1=O.ClC(Cl)Cl.ClC(Cl)Cl.[Cu+2]. The summed E-state index contributed by atoms with van der Waals surface area (Å²) in [5, 5.41) is 8.27. The van der Waals surface area contributed by atoms with Gasteiger partial charge in [-0.2, -0.15) is 0 Å². The summed E-state index contributed by atoms with van der Waals surface area (Å²) in [6.45, 7) is 15.9. The number of hydrogen-bond acceptors (Lipinski definition) is 4. The van der Waals surface area contributed by atoms with Crippen molar-refractivity contribution in [3.05, 3.63) is 78.8 Å². The van der Waals surface area contributed by atoms with Crippen LogP contribution in [0.4, 0.5) is 0 Å². The summed E-state index contributed by atoms with van der Waals surface area (Å²) in [6.07, 6.45) is 9.40. The Balaban J connectivity index is 0.000000797. The molecule has 51 heavy (non-hydrogen) atoms. The van der Waals surface area contributed by atoms with Crippen molar-refractivity contribution in [2.75, 3.05) is 0 Å². The summed E-state index contributed by atoms with van der Waals surface area (Å²) < 4.78 is -1.50. The molecule has 0 aliphatic carbocycles. The maximum absolute atomic E-state index is 11.9. The standard InChI is InChI=1S/2C17H22N2O2.2CHCl3.Cu/c2*1-5-10-12(7-3)16(20)18-14(10)9-15-11(6-2)13(8-4)17(21)19-15;2*2-1(3)4;/h2*9H,5-8H2,1-4H3,(H,18,19,20,21);2*1H;/q;;;;+2/p-2. The third kappa shape index (κ3) is 13.9. The molecular formula is C36H44Cl6CuN4O4. The monoisotopic (exact) mass is 869 g/mol. The minimum Gasteiger partial charge on any atom is -0.623 e. The first-order valence-corrected chi connectivity index (χ1v) is 19.2. The summed E-state index contributed by atoms with van der Waals surface area (Å²) in [5.41, 5.74) is 9.77. The molecule has 0 fully saturated rings. The van der Waals surface area contributed by atoms with Crippen LogP contribution in [0.15, 0.2) is 78.1 Å². The Morgan fingerprint density at radius 1 is 0.451 bits per heavy atom. The van der Waals surface area contributed by atoms with Crippen LogP contribution in [0.2, 0.25) is 0 Å². The molecular weight excluding hydrogens is 829 g/mol. The summed E-state index contributed by atoms with van der Waals surface area (Å²) >= 11 is 28.8. The number of nitrogens with zero attached hydrogens (tertiary/aromatic N) is 4. The number of carbonyl (C=O) groups excluding carboxylic acids is 4. The first kappa shape index (κ1) is 49.3. The Morgan fingerprint density at radius 3 is 0.902 bits per heavy atom. The van der Waals surface area contributed by atoms with E-state index in [9.17, 15) is 19.2 Å². The van der Waals surface area contributed by atoms with Crippen LogP contribution in [-0.4, -0.2) is 43.6 Å². The van der Waals surface area contributed by atoms with Gasteiger partial charge in [-0.1, -0.05) is 148 Å². The zero-order valence-electron chi connectivity index (χ0n) is 30.0. The van der Waals surface area contributed by atoms with Crippen molar-refractivity contribution < 1.29 is 36.2 Å². The van der Waals surface area contributed by atoms with E-state index in [-0.39, 0.29) is 40.7 Å². The molecule has 285 valence electrons. The molecule has 4 aliphatic heterocycles. The van der Waals surface area contributed by atoms with Crippen LogP contribution in [0.25, 0.3) is 10.6 Å². The van der Waals surface area contributed by atoms with Gasteiger partial charge in [0, 0.05) is 11.1 Å². The summed E-state index contributed by atoms with van der Waals surface area (Å²) in [6, 6.07) is 0. The van der Waals surface area contributed by atoms with E-state index in [1.54, 1.807) is 12.2 Å². The summed E-state index contributed by atoms with van der Waals surface area (Å²) in [7, 11) is 0. The summed E-state index contributed by atoms with van der Waals surface area (Å²) in [4.78, 5) is 55.9. The van der Waals surface area contributed by atoms with E-state index in [0.29, 0.717) is 48.5 Å².